The van der Waals surface area contributed by atoms with Crippen molar-refractivity contribution in [3.63, 3.8) is 0 Å². The van der Waals surface area contributed by atoms with E-state index in [4.69, 9.17) is 42.6 Å². The van der Waals surface area contributed by atoms with Crippen LogP contribution in [0.2, 0.25) is 0 Å². The molecule has 0 aromatic carbocycles. The molecule has 0 aromatic rings. The molecule has 4 aliphatic rings. The number of hydrogen-bond donors (Lipinski definition) is 8. The summed E-state index contributed by atoms with van der Waals surface area (Å²) in [5, 5.41) is 87.1. The summed E-state index contributed by atoms with van der Waals surface area (Å²) in [6.45, 7) is -5.30. The van der Waals surface area contributed by atoms with Gasteiger partial charge in [0.15, 0.2) is 25.2 Å². The van der Waals surface area contributed by atoms with Gasteiger partial charge in [0.1, 0.15) is 97.7 Å². The van der Waals surface area contributed by atoms with Gasteiger partial charge in [0.05, 0.1) is 26.4 Å². The monoisotopic (exact) mass is 1010 g/mol. The lowest BCUT2D eigenvalue weighted by atomic mass is 9.95. The summed E-state index contributed by atoms with van der Waals surface area (Å²) in [6.07, 6.45) is -43.2. The first kappa shape index (κ1) is 54.4. The van der Waals surface area contributed by atoms with Crippen molar-refractivity contribution in [1.82, 2.24) is 0 Å². The number of aliphatic hydroxyl groups is 8. The van der Waals surface area contributed by atoms with E-state index in [2.05, 4.69) is 16.7 Å². The Morgan fingerprint density at radius 3 is 0.825 bits per heavy atom. The minimum absolute atomic E-state index is 0.963. The lowest BCUT2D eigenvalue weighted by Gasteiger charge is -2.49. The van der Waals surface area contributed by atoms with Gasteiger partial charge in [0.25, 0.3) is 0 Å². The van der Waals surface area contributed by atoms with E-state index in [0.29, 0.717) is 0 Å². The van der Waals surface area contributed by atoms with Crippen molar-refractivity contribution in [3.8, 4) is 0 Å². The molecule has 0 aliphatic carbocycles. The van der Waals surface area contributed by atoms with Crippen LogP contribution in [0.3, 0.4) is 0 Å². The maximum absolute atomic E-state index is 11.4. The average Bonchev–Trinajstić information content (AvgIpc) is 3.17. The van der Waals surface area contributed by atoms with Crippen LogP contribution in [0, 0.1) is 0 Å². The molecule has 20 unspecified atom stereocenters. The predicted octanol–water partition coefficient (Wildman–Crippen LogP) is -10.5. The number of aliphatic hydroxyl groups excluding tert-OH is 8. The third-order valence-electron chi connectivity index (χ3n) is 9.45. The van der Waals surface area contributed by atoms with Crippen LogP contribution in [0.25, 0.3) is 0 Å². The normalized spacial score (nSPS) is 42.3. The van der Waals surface area contributed by atoms with E-state index in [1.165, 1.54) is 0 Å². The Balaban J connectivity index is 1.61. The quantitative estimate of drug-likeness (QED) is 0.0415. The van der Waals surface area contributed by atoms with Gasteiger partial charge in [-0.25, -0.2) is 33.7 Å². The SMILES string of the molecule is COC1OC(COS(=O)(=O)[O-])C(OC2OC(COS(=O)(=O)[O-])C(OC3OC(COS(=O)(=O)[O-])C(OC4OC(COS(=O)(=O)[O-])C(OC)C(O)C4O)C(O)C3O)C(O)C2O)C(O)C1O. The van der Waals surface area contributed by atoms with Gasteiger partial charge in [-0.15, -0.1) is 0 Å². The molecule has 33 nitrogen and oxygen atoms in total. The van der Waals surface area contributed by atoms with Crippen molar-refractivity contribution >= 4 is 41.6 Å². The zero-order chi connectivity index (χ0) is 47.6. The molecular formula is C26H42O33S4-4. The van der Waals surface area contributed by atoms with Gasteiger partial charge in [-0.2, -0.15) is 0 Å². The van der Waals surface area contributed by atoms with E-state index in [1.54, 1.807) is 0 Å². The molecular weight excluding hydrogens is 969 g/mol. The van der Waals surface area contributed by atoms with Crippen molar-refractivity contribution in [2.24, 2.45) is 0 Å². The van der Waals surface area contributed by atoms with Gasteiger partial charge in [-0.1, -0.05) is 0 Å². The van der Waals surface area contributed by atoms with E-state index >= 15 is 0 Å². The maximum Gasteiger partial charge on any atom is 0.217 e. The fourth-order valence-corrected chi connectivity index (χ4v) is 7.76. The lowest BCUT2D eigenvalue weighted by Crippen LogP contribution is -2.67. The third-order valence-corrected chi connectivity index (χ3v) is 11.1. The molecule has 4 fully saturated rings. The first-order chi connectivity index (χ1) is 28.9. The largest absolute Gasteiger partial charge is 0.726 e. The van der Waals surface area contributed by atoms with Crippen LogP contribution >= 0.6 is 0 Å². The van der Waals surface area contributed by atoms with Gasteiger partial charge in [-0.05, 0) is 0 Å². The Morgan fingerprint density at radius 1 is 0.365 bits per heavy atom. The fourth-order valence-electron chi connectivity index (χ4n) is 6.55. The van der Waals surface area contributed by atoms with E-state index in [-0.39, 0.29) is 0 Å². The zero-order valence-electron chi connectivity index (χ0n) is 31.8. The highest BCUT2D eigenvalue weighted by atomic mass is 32.3. The summed E-state index contributed by atoms with van der Waals surface area (Å²) < 4.78 is 199. The molecule has 4 heterocycles. The molecule has 4 saturated heterocycles. The molecule has 8 N–H and O–H groups in total. The molecule has 0 bridgehead atoms. The third kappa shape index (κ3) is 14.9. The van der Waals surface area contributed by atoms with Gasteiger partial charge in [0.2, 0.25) is 41.6 Å². The smallest absolute Gasteiger partial charge is 0.217 e. The summed E-state index contributed by atoms with van der Waals surface area (Å²) >= 11 is 0. The molecule has 37 heteroatoms. The van der Waals surface area contributed by atoms with Crippen LogP contribution in [0.1, 0.15) is 0 Å². The van der Waals surface area contributed by atoms with Crippen LogP contribution in [0.15, 0.2) is 0 Å². The molecule has 63 heavy (non-hydrogen) atoms. The minimum atomic E-state index is -5.64. The summed E-state index contributed by atoms with van der Waals surface area (Å²) in [5.41, 5.74) is 0. The Labute approximate surface area is 356 Å². The molecule has 0 saturated carbocycles. The second-order valence-electron chi connectivity index (χ2n) is 13.6. The van der Waals surface area contributed by atoms with Crippen molar-refractivity contribution in [1.29, 1.82) is 0 Å². The van der Waals surface area contributed by atoms with E-state index < -0.39 is 191 Å². The summed E-state index contributed by atoms with van der Waals surface area (Å²) in [5.74, 6) is 0. The van der Waals surface area contributed by atoms with Crippen molar-refractivity contribution in [2.45, 2.75) is 123 Å². The summed E-state index contributed by atoms with van der Waals surface area (Å²) in [7, 11) is -20.2. The highest BCUT2D eigenvalue weighted by Gasteiger charge is 2.56. The fraction of sp³-hybridized carbons (Fsp3) is 1.00. The van der Waals surface area contributed by atoms with Crippen molar-refractivity contribution in [2.75, 3.05) is 40.6 Å². The molecule has 0 amide bonds. The molecule has 372 valence electrons. The maximum atomic E-state index is 11.4. The molecule has 0 radical (unpaired) electrons. The Bertz CT molecular complexity index is 1920. The van der Waals surface area contributed by atoms with Crippen molar-refractivity contribution < 1.29 is 152 Å². The molecule has 4 rings (SSSR count). The molecule has 20 atom stereocenters. The van der Waals surface area contributed by atoms with Crippen LogP contribution in [0.5, 0.6) is 0 Å². The second-order valence-corrected chi connectivity index (χ2v) is 17.8. The average molecular weight is 1010 g/mol. The molecule has 4 aliphatic heterocycles. The minimum Gasteiger partial charge on any atom is -0.726 e. The number of rotatable bonds is 20. The van der Waals surface area contributed by atoms with E-state index in [9.17, 15) is 92.7 Å². The number of ether oxygens (including phenoxy) is 9. The van der Waals surface area contributed by atoms with Crippen molar-refractivity contribution in [3.05, 3.63) is 0 Å². The highest BCUT2D eigenvalue weighted by Crippen LogP contribution is 2.35. The first-order valence-corrected chi connectivity index (χ1v) is 22.8. The Kier molecular flexibility index (Phi) is 18.9. The van der Waals surface area contributed by atoms with Gasteiger partial charge >= 0.3 is 0 Å². The Hall–Kier alpha value is -1.20. The highest BCUT2D eigenvalue weighted by molar-refractivity contribution is 7.81. The predicted molar refractivity (Wildman–Crippen MR) is 178 cm³/mol. The first-order valence-electron chi connectivity index (χ1n) is 17.4. The van der Waals surface area contributed by atoms with Crippen LogP contribution in [-0.4, -0.2) is 256 Å². The van der Waals surface area contributed by atoms with Gasteiger partial charge in [0, 0.05) is 14.2 Å². The summed E-state index contributed by atoms with van der Waals surface area (Å²) in [6, 6.07) is 0. The topological polar surface area (TPSA) is 511 Å². The second kappa shape index (κ2) is 21.8. The Morgan fingerprint density at radius 2 is 0.587 bits per heavy atom. The zero-order valence-corrected chi connectivity index (χ0v) is 35.1. The van der Waals surface area contributed by atoms with Crippen LogP contribution in [-0.2, 0) is 101 Å². The van der Waals surface area contributed by atoms with Crippen LogP contribution in [0.4, 0.5) is 0 Å². The van der Waals surface area contributed by atoms with E-state index in [1.807, 2.05) is 0 Å². The molecule has 0 aromatic heterocycles. The number of hydrogen-bond acceptors (Lipinski definition) is 33. The molecule has 0 spiro atoms. The standard InChI is InChI=1S/C26H46O33S4/c1-47-19-7(3-49-60(35,36)37)54-24(16(32)11(19)27)58-21-9(5-51-62(41,42)43)56-26(18(34)13(21)29)59-22-10(6-52-63(44,45)46)55-25(17(33)14(22)30)57-20-8(4-50-61(38,39)40)53-23(48-2)15(31)12(20)28/h7-34H,3-6H2,1-2H3,(H,35,36,37)(H,38,39,40)(H,41,42,43)(H,44,45,46)/p-4. The van der Waals surface area contributed by atoms with E-state index in [0.717, 1.165) is 14.2 Å². The van der Waals surface area contributed by atoms with Gasteiger partial charge in [-0.3, -0.25) is 16.7 Å². The van der Waals surface area contributed by atoms with Crippen LogP contribution < -0.4 is 0 Å². The van der Waals surface area contributed by atoms with Gasteiger partial charge < -0.3 is 102 Å². The lowest BCUT2D eigenvalue weighted by molar-refractivity contribution is -0.387. The summed E-state index contributed by atoms with van der Waals surface area (Å²) in [4.78, 5) is 0. The number of methoxy groups -OCH3 is 2.